The summed E-state index contributed by atoms with van der Waals surface area (Å²) in [6, 6.07) is 13.5. The molecular weight excluding hydrogens is 470 g/mol. The third-order valence-electron chi connectivity index (χ3n) is 6.73. The molecular formula is C29H35N3O3S. The second-order valence-electron chi connectivity index (χ2n) is 9.16. The van der Waals surface area contributed by atoms with E-state index >= 15 is 0 Å². The lowest BCUT2D eigenvalue weighted by atomic mass is 9.87. The first-order chi connectivity index (χ1) is 17.2. The SMILES string of the molecule is C=CC(CCCCCC)c1ccc(-c2ccccc2CC#N)c(S(=O)(=O)Nc2noc(C)c2C)c1C. The lowest BCUT2D eigenvalue weighted by Crippen LogP contribution is -2.18. The summed E-state index contributed by atoms with van der Waals surface area (Å²) in [4.78, 5) is 0.186. The molecule has 0 aliphatic heterocycles. The zero-order valence-electron chi connectivity index (χ0n) is 21.6. The number of allylic oxidation sites excluding steroid dienone is 1. The number of hydrogen-bond acceptors (Lipinski definition) is 5. The maximum Gasteiger partial charge on any atom is 0.264 e. The van der Waals surface area contributed by atoms with E-state index in [4.69, 9.17) is 4.52 Å². The molecule has 0 spiro atoms. The number of rotatable bonds is 12. The molecule has 0 fully saturated rings. The van der Waals surface area contributed by atoms with Crippen molar-refractivity contribution < 1.29 is 12.9 Å². The molecule has 7 heteroatoms. The van der Waals surface area contributed by atoms with Gasteiger partial charge in [-0.25, -0.2) is 8.42 Å². The number of aromatic nitrogens is 1. The van der Waals surface area contributed by atoms with Gasteiger partial charge in [0.2, 0.25) is 0 Å². The number of benzene rings is 2. The van der Waals surface area contributed by atoms with Gasteiger partial charge in [0.1, 0.15) is 5.76 Å². The van der Waals surface area contributed by atoms with Crippen molar-refractivity contribution in [2.75, 3.05) is 4.72 Å². The van der Waals surface area contributed by atoms with Gasteiger partial charge in [0, 0.05) is 17.0 Å². The second-order valence-corrected chi connectivity index (χ2v) is 10.8. The van der Waals surface area contributed by atoms with Crippen LogP contribution in [0.3, 0.4) is 0 Å². The Hall–Kier alpha value is -3.37. The fraction of sp³-hybridized carbons (Fsp3) is 0.379. The summed E-state index contributed by atoms with van der Waals surface area (Å²) < 4.78 is 35.7. The van der Waals surface area contributed by atoms with Gasteiger partial charge in [-0.2, -0.15) is 5.26 Å². The van der Waals surface area contributed by atoms with Gasteiger partial charge in [-0.3, -0.25) is 4.72 Å². The Balaban J connectivity index is 2.19. The second kappa shape index (κ2) is 12.0. The monoisotopic (exact) mass is 505 g/mol. The molecule has 0 saturated heterocycles. The van der Waals surface area contributed by atoms with Crippen molar-refractivity contribution in [2.24, 2.45) is 0 Å². The third-order valence-corrected chi connectivity index (χ3v) is 8.26. The Bertz CT molecular complexity index is 1370. The maximum atomic E-state index is 13.9. The highest BCUT2D eigenvalue weighted by Gasteiger charge is 2.28. The fourth-order valence-electron chi connectivity index (χ4n) is 4.57. The van der Waals surface area contributed by atoms with Gasteiger partial charge in [0.25, 0.3) is 10.0 Å². The van der Waals surface area contributed by atoms with Crippen LogP contribution in [0.25, 0.3) is 11.1 Å². The number of sulfonamides is 1. The van der Waals surface area contributed by atoms with Gasteiger partial charge < -0.3 is 4.52 Å². The standard InChI is InChI=1S/C29H35N3O3S/c1-6-8-9-10-13-23(7-2)25-16-17-27(26-15-12-11-14-24(26)18-19-30)28(21(25)4)36(33,34)32-29-20(3)22(5)35-31-29/h7,11-12,14-17,23H,2,6,8-10,13,18H2,1,3-5H3,(H,31,32). The van der Waals surface area contributed by atoms with Crippen molar-refractivity contribution in [3.8, 4) is 17.2 Å². The summed E-state index contributed by atoms with van der Waals surface area (Å²) in [5.74, 6) is 0.764. The van der Waals surface area contributed by atoms with Crippen LogP contribution in [0.1, 0.15) is 73.0 Å². The van der Waals surface area contributed by atoms with Gasteiger partial charge in [-0.05, 0) is 49.4 Å². The molecule has 190 valence electrons. The number of nitrogens with zero attached hydrogens (tertiary/aromatic N) is 2. The summed E-state index contributed by atoms with van der Waals surface area (Å²) >= 11 is 0. The molecule has 0 saturated carbocycles. The van der Waals surface area contributed by atoms with Crippen LogP contribution in [0.2, 0.25) is 0 Å². The molecule has 3 aromatic rings. The number of nitriles is 1. The van der Waals surface area contributed by atoms with E-state index < -0.39 is 10.0 Å². The molecule has 0 radical (unpaired) electrons. The van der Waals surface area contributed by atoms with Crippen LogP contribution in [0, 0.1) is 32.1 Å². The Labute approximate surface area is 215 Å². The molecule has 1 aromatic heterocycles. The summed E-state index contributed by atoms with van der Waals surface area (Å²) in [7, 11) is -4.05. The molecule has 0 aliphatic carbocycles. The Morgan fingerprint density at radius 2 is 1.83 bits per heavy atom. The van der Waals surface area contributed by atoms with E-state index in [1.165, 1.54) is 6.42 Å². The average molecular weight is 506 g/mol. The normalized spacial score (nSPS) is 12.2. The summed E-state index contributed by atoms with van der Waals surface area (Å²) in [5.41, 5.74) is 4.30. The first kappa shape index (κ1) is 27.2. The molecule has 1 N–H and O–H groups in total. The molecule has 6 nitrogen and oxygen atoms in total. The number of nitrogens with one attached hydrogen (secondary N) is 1. The summed E-state index contributed by atoms with van der Waals surface area (Å²) in [5, 5.41) is 13.3. The first-order valence-electron chi connectivity index (χ1n) is 12.4. The number of anilines is 1. The molecule has 1 atom stereocenters. The average Bonchev–Trinajstić information content (AvgIpc) is 3.16. The quantitative estimate of drug-likeness (QED) is 0.205. The van der Waals surface area contributed by atoms with Crippen LogP contribution in [-0.4, -0.2) is 13.6 Å². The van der Waals surface area contributed by atoms with Crippen molar-refractivity contribution >= 4 is 15.8 Å². The van der Waals surface area contributed by atoms with Crippen molar-refractivity contribution in [3.63, 3.8) is 0 Å². The van der Waals surface area contributed by atoms with E-state index in [2.05, 4.69) is 29.5 Å². The van der Waals surface area contributed by atoms with Crippen LogP contribution in [0.15, 0.2) is 58.5 Å². The molecule has 0 amide bonds. The van der Waals surface area contributed by atoms with Crippen LogP contribution >= 0.6 is 0 Å². The minimum absolute atomic E-state index is 0.0373. The highest BCUT2D eigenvalue weighted by atomic mass is 32.2. The lowest BCUT2D eigenvalue weighted by Gasteiger charge is -2.22. The molecule has 36 heavy (non-hydrogen) atoms. The first-order valence-corrected chi connectivity index (χ1v) is 13.9. The van der Waals surface area contributed by atoms with Crippen molar-refractivity contribution in [3.05, 3.63) is 77.1 Å². The fourth-order valence-corrected chi connectivity index (χ4v) is 6.11. The Morgan fingerprint density at radius 1 is 1.08 bits per heavy atom. The number of aryl methyl sites for hydroxylation is 1. The molecule has 2 aromatic carbocycles. The zero-order chi connectivity index (χ0) is 26.3. The smallest absolute Gasteiger partial charge is 0.264 e. The van der Waals surface area contributed by atoms with Gasteiger partial charge in [-0.15, -0.1) is 6.58 Å². The highest BCUT2D eigenvalue weighted by molar-refractivity contribution is 7.93. The van der Waals surface area contributed by atoms with Crippen molar-refractivity contribution in [1.82, 2.24) is 5.16 Å². The molecule has 3 rings (SSSR count). The Kier molecular flexibility index (Phi) is 9.11. The minimum atomic E-state index is -4.05. The van der Waals surface area contributed by atoms with Crippen molar-refractivity contribution in [2.45, 2.75) is 77.0 Å². The van der Waals surface area contributed by atoms with Gasteiger partial charge in [0.15, 0.2) is 5.82 Å². The van der Waals surface area contributed by atoms with Crippen LogP contribution in [-0.2, 0) is 16.4 Å². The van der Waals surface area contributed by atoms with E-state index in [0.717, 1.165) is 42.4 Å². The molecule has 1 heterocycles. The van der Waals surface area contributed by atoms with E-state index in [9.17, 15) is 13.7 Å². The van der Waals surface area contributed by atoms with E-state index in [1.807, 2.05) is 49.4 Å². The van der Waals surface area contributed by atoms with Crippen LogP contribution in [0.5, 0.6) is 0 Å². The molecule has 0 bridgehead atoms. The number of unbranched alkanes of at least 4 members (excludes halogenated alkanes) is 3. The minimum Gasteiger partial charge on any atom is -0.359 e. The third kappa shape index (κ3) is 5.88. The predicted octanol–water partition coefficient (Wildman–Crippen LogP) is 7.37. The van der Waals surface area contributed by atoms with Crippen LogP contribution in [0.4, 0.5) is 5.82 Å². The van der Waals surface area contributed by atoms with Crippen LogP contribution < -0.4 is 4.72 Å². The molecule has 1 unspecified atom stereocenters. The summed E-state index contributed by atoms with van der Waals surface area (Å²) in [6.45, 7) is 11.6. The zero-order valence-corrected chi connectivity index (χ0v) is 22.4. The largest absolute Gasteiger partial charge is 0.359 e. The predicted molar refractivity (Wildman–Crippen MR) is 144 cm³/mol. The van der Waals surface area contributed by atoms with E-state index in [0.29, 0.717) is 22.5 Å². The van der Waals surface area contributed by atoms with Gasteiger partial charge >= 0.3 is 0 Å². The maximum absolute atomic E-state index is 13.9. The van der Waals surface area contributed by atoms with Gasteiger partial charge in [-0.1, -0.05) is 80.2 Å². The molecule has 0 aliphatic rings. The Morgan fingerprint density at radius 3 is 2.47 bits per heavy atom. The van der Waals surface area contributed by atoms with Gasteiger partial charge in [0.05, 0.1) is 17.4 Å². The highest BCUT2D eigenvalue weighted by Crippen LogP contribution is 2.38. The lowest BCUT2D eigenvalue weighted by molar-refractivity contribution is 0.399. The topological polar surface area (TPSA) is 96.0 Å². The number of hydrogen-bond donors (Lipinski definition) is 1. The van der Waals surface area contributed by atoms with E-state index in [-0.39, 0.29) is 23.1 Å². The van der Waals surface area contributed by atoms with Crippen molar-refractivity contribution in [1.29, 1.82) is 5.26 Å². The summed E-state index contributed by atoms with van der Waals surface area (Å²) in [6.07, 6.45) is 7.51. The van der Waals surface area contributed by atoms with E-state index in [1.54, 1.807) is 13.8 Å².